The largest absolute Gasteiger partial charge is 0.464 e. The summed E-state index contributed by atoms with van der Waals surface area (Å²) in [5, 5.41) is 19.0. The molecule has 0 bridgehead atoms. The van der Waals surface area contributed by atoms with Crippen LogP contribution in [0.1, 0.15) is 18.6 Å². The molecule has 0 aliphatic rings. The number of hydrogen-bond donors (Lipinski definition) is 2. The van der Waals surface area contributed by atoms with Crippen LogP contribution < -0.4 is 0 Å². The van der Waals surface area contributed by atoms with Gasteiger partial charge in [-0.2, -0.15) is 0 Å². The summed E-state index contributed by atoms with van der Waals surface area (Å²) in [6.07, 6.45) is 0.0896. The lowest BCUT2D eigenvalue weighted by Gasteiger charge is -2.16. The van der Waals surface area contributed by atoms with E-state index in [2.05, 4.69) is 9.72 Å². The molecule has 0 amide bonds. The zero-order valence-corrected chi connectivity index (χ0v) is 8.33. The molecule has 5 nitrogen and oxygen atoms in total. The van der Waals surface area contributed by atoms with Crippen molar-refractivity contribution in [2.45, 2.75) is 19.1 Å². The third-order valence-electron chi connectivity index (χ3n) is 1.87. The molecule has 1 heterocycles. The van der Waals surface area contributed by atoms with E-state index in [0.717, 1.165) is 0 Å². The first kappa shape index (κ1) is 11.6. The summed E-state index contributed by atoms with van der Waals surface area (Å²) in [6.45, 7) is 1.79. The highest BCUT2D eigenvalue weighted by Gasteiger charge is 2.26. The number of esters is 1. The fourth-order valence-corrected chi connectivity index (χ4v) is 1.10. The molecule has 2 atom stereocenters. The average Bonchev–Trinajstić information content (AvgIpc) is 2.28. The molecule has 2 unspecified atom stereocenters. The third kappa shape index (κ3) is 3.00. The maximum atomic E-state index is 11.1. The van der Waals surface area contributed by atoms with Gasteiger partial charge in [0.2, 0.25) is 0 Å². The number of hydrogen-bond acceptors (Lipinski definition) is 5. The summed E-state index contributed by atoms with van der Waals surface area (Å²) in [4.78, 5) is 14.9. The van der Waals surface area contributed by atoms with E-state index >= 15 is 0 Å². The van der Waals surface area contributed by atoms with Crippen LogP contribution in [0.3, 0.4) is 0 Å². The Morgan fingerprint density at radius 1 is 1.47 bits per heavy atom. The first-order valence-corrected chi connectivity index (χ1v) is 4.59. The predicted octanol–water partition coefficient (Wildman–Crippen LogP) is 0.0390. The van der Waals surface area contributed by atoms with Gasteiger partial charge in [0.1, 0.15) is 6.10 Å². The zero-order chi connectivity index (χ0) is 11.3. The smallest absolute Gasteiger partial charge is 0.338 e. The van der Waals surface area contributed by atoms with Gasteiger partial charge in [-0.05, 0) is 24.6 Å². The summed E-state index contributed by atoms with van der Waals surface area (Å²) in [5.74, 6) is -0.832. The molecule has 0 fully saturated rings. The van der Waals surface area contributed by atoms with Crippen LogP contribution in [0, 0.1) is 0 Å². The highest BCUT2D eigenvalue weighted by Crippen LogP contribution is 2.16. The Morgan fingerprint density at radius 2 is 2.07 bits per heavy atom. The van der Waals surface area contributed by atoms with Crippen molar-refractivity contribution in [3.05, 3.63) is 30.1 Å². The van der Waals surface area contributed by atoms with Crippen molar-refractivity contribution in [3.8, 4) is 0 Å². The van der Waals surface area contributed by atoms with Crippen molar-refractivity contribution >= 4 is 5.97 Å². The van der Waals surface area contributed by atoms with E-state index in [9.17, 15) is 15.0 Å². The quantitative estimate of drug-likeness (QED) is 0.687. The molecule has 5 heteroatoms. The summed E-state index contributed by atoms with van der Waals surface area (Å²) in [5.41, 5.74) is 0.422. The van der Waals surface area contributed by atoms with Gasteiger partial charge in [0.15, 0.2) is 6.10 Å². The van der Waals surface area contributed by atoms with Crippen LogP contribution in [0.25, 0.3) is 0 Å². The number of aromatic nitrogens is 1. The molecule has 0 aliphatic carbocycles. The molecule has 15 heavy (non-hydrogen) atoms. The number of pyridine rings is 1. The first-order valence-electron chi connectivity index (χ1n) is 4.59. The molecule has 1 rings (SSSR count). The van der Waals surface area contributed by atoms with Gasteiger partial charge in [0.05, 0.1) is 6.61 Å². The number of rotatable bonds is 4. The molecule has 2 N–H and O–H groups in total. The minimum absolute atomic E-state index is 0.166. The van der Waals surface area contributed by atoms with E-state index in [1.807, 2.05) is 0 Å². The molecular weight excluding hydrogens is 198 g/mol. The standard InChI is InChI=1S/C10H13NO4/c1-2-15-10(14)9(13)8(12)7-3-5-11-6-4-7/h3-6,8-9,12-13H,2H2,1H3. The van der Waals surface area contributed by atoms with Crippen LogP contribution in [-0.4, -0.2) is 33.9 Å². The zero-order valence-electron chi connectivity index (χ0n) is 8.33. The van der Waals surface area contributed by atoms with Gasteiger partial charge in [-0.25, -0.2) is 4.79 Å². The van der Waals surface area contributed by atoms with E-state index < -0.39 is 18.2 Å². The van der Waals surface area contributed by atoms with E-state index in [1.165, 1.54) is 24.5 Å². The van der Waals surface area contributed by atoms with Crippen molar-refractivity contribution in [1.29, 1.82) is 0 Å². The van der Waals surface area contributed by atoms with E-state index in [1.54, 1.807) is 6.92 Å². The summed E-state index contributed by atoms with van der Waals surface area (Å²) >= 11 is 0. The molecule has 0 saturated heterocycles. The number of ether oxygens (including phenoxy) is 1. The minimum atomic E-state index is -1.56. The van der Waals surface area contributed by atoms with Crippen molar-refractivity contribution < 1.29 is 19.7 Å². The first-order chi connectivity index (χ1) is 7.16. The van der Waals surface area contributed by atoms with Crippen LogP contribution in [-0.2, 0) is 9.53 Å². The second-order valence-electron chi connectivity index (χ2n) is 2.92. The lowest BCUT2D eigenvalue weighted by atomic mass is 10.1. The van der Waals surface area contributed by atoms with Crippen molar-refractivity contribution in [1.82, 2.24) is 4.98 Å². The Bertz CT molecular complexity index is 314. The lowest BCUT2D eigenvalue weighted by Crippen LogP contribution is -2.29. The normalized spacial score (nSPS) is 14.3. The van der Waals surface area contributed by atoms with Gasteiger partial charge in [-0.1, -0.05) is 0 Å². The van der Waals surface area contributed by atoms with Crippen LogP contribution in [0.4, 0.5) is 0 Å². The number of aliphatic hydroxyl groups excluding tert-OH is 2. The maximum absolute atomic E-state index is 11.1. The van der Waals surface area contributed by atoms with E-state index in [-0.39, 0.29) is 6.61 Å². The molecular formula is C10H13NO4. The molecule has 1 aromatic heterocycles. The number of aliphatic hydroxyl groups is 2. The molecule has 82 valence electrons. The fourth-order valence-electron chi connectivity index (χ4n) is 1.10. The number of nitrogens with zero attached hydrogens (tertiary/aromatic N) is 1. The predicted molar refractivity (Wildman–Crippen MR) is 51.8 cm³/mol. The molecule has 0 aliphatic heterocycles. The summed E-state index contributed by atoms with van der Waals surface area (Å²) < 4.78 is 4.58. The van der Waals surface area contributed by atoms with Crippen LogP contribution in [0.5, 0.6) is 0 Å². The van der Waals surface area contributed by atoms with Gasteiger partial charge in [0.25, 0.3) is 0 Å². The summed E-state index contributed by atoms with van der Waals surface area (Å²) in [6, 6.07) is 3.04. The topological polar surface area (TPSA) is 79.7 Å². The highest BCUT2D eigenvalue weighted by molar-refractivity contribution is 5.75. The second kappa shape index (κ2) is 5.43. The van der Waals surface area contributed by atoms with Crippen LogP contribution in [0.15, 0.2) is 24.5 Å². The highest BCUT2D eigenvalue weighted by atomic mass is 16.5. The Kier molecular flexibility index (Phi) is 4.20. The average molecular weight is 211 g/mol. The van der Waals surface area contributed by atoms with Crippen molar-refractivity contribution in [2.24, 2.45) is 0 Å². The number of carbonyl (C=O) groups is 1. The van der Waals surface area contributed by atoms with Gasteiger partial charge in [-0.15, -0.1) is 0 Å². The van der Waals surface area contributed by atoms with E-state index in [4.69, 9.17) is 0 Å². The lowest BCUT2D eigenvalue weighted by molar-refractivity contribution is -0.159. The summed E-state index contributed by atoms with van der Waals surface area (Å²) in [7, 11) is 0. The van der Waals surface area contributed by atoms with Gasteiger partial charge < -0.3 is 14.9 Å². The van der Waals surface area contributed by atoms with Gasteiger partial charge in [0, 0.05) is 12.4 Å². The third-order valence-corrected chi connectivity index (χ3v) is 1.87. The van der Waals surface area contributed by atoms with Crippen LogP contribution in [0.2, 0.25) is 0 Å². The molecule has 0 spiro atoms. The Morgan fingerprint density at radius 3 is 2.60 bits per heavy atom. The molecule has 0 saturated carbocycles. The SMILES string of the molecule is CCOC(=O)C(O)C(O)c1ccncc1. The van der Waals surface area contributed by atoms with Crippen molar-refractivity contribution in [3.63, 3.8) is 0 Å². The monoisotopic (exact) mass is 211 g/mol. The Hall–Kier alpha value is -1.46. The van der Waals surface area contributed by atoms with Gasteiger partial charge >= 0.3 is 5.97 Å². The van der Waals surface area contributed by atoms with Crippen molar-refractivity contribution in [2.75, 3.05) is 6.61 Å². The molecule has 0 aromatic carbocycles. The molecule has 0 radical (unpaired) electrons. The minimum Gasteiger partial charge on any atom is -0.464 e. The van der Waals surface area contributed by atoms with Gasteiger partial charge in [-0.3, -0.25) is 4.98 Å². The maximum Gasteiger partial charge on any atom is 0.338 e. The van der Waals surface area contributed by atoms with Crippen LogP contribution >= 0.6 is 0 Å². The number of carbonyl (C=O) groups excluding carboxylic acids is 1. The Balaban J connectivity index is 2.68. The second-order valence-corrected chi connectivity index (χ2v) is 2.92. The van der Waals surface area contributed by atoms with E-state index in [0.29, 0.717) is 5.56 Å². The Labute approximate surface area is 87.3 Å². The molecule has 1 aromatic rings. The fraction of sp³-hybridized carbons (Fsp3) is 0.400.